The number of amides is 1. The molecule has 1 aliphatic rings. The van der Waals surface area contributed by atoms with E-state index in [0.29, 0.717) is 5.56 Å². The van der Waals surface area contributed by atoms with Crippen molar-refractivity contribution in [2.45, 2.75) is 38.3 Å². The summed E-state index contributed by atoms with van der Waals surface area (Å²) in [5, 5.41) is 2.63. The molecular formula is C28H29NO7S. The fraction of sp³-hybridized carbons (Fsp3) is 0.286. The number of benzene rings is 3. The van der Waals surface area contributed by atoms with E-state index in [1.807, 2.05) is 36.4 Å². The fourth-order valence-electron chi connectivity index (χ4n) is 4.38. The van der Waals surface area contributed by atoms with Crippen molar-refractivity contribution >= 4 is 22.2 Å². The molecular weight excluding hydrogens is 494 g/mol. The summed E-state index contributed by atoms with van der Waals surface area (Å²) in [5.74, 6) is -0.557. The lowest BCUT2D eigenvalue weighted by atomic mass is 9.98. The number of nitrogens with one attached hydrogen (secondary N) is 1. The second-order valence-corrected chi connectivity index (χ2v) is 10.7. The molecule has 0 radical (unpaired) electrons. The molecule has 4 rings (SSSR count). The van der Waals surface area contributed by atoms with Crippen LogP contribution in [0.5, 0.6) is 5.75 Å². The van der Waals surface area contributed by atoms with E-state index in [0.717, 1.165) is 28.5 Å². The van der Waals surface area contributed by atoms with Gasteiger partial charge in [-0.15, -0.1) is 0 Å². The highest BCUT2D eigenvalue weighted by Crippen LogP contribution is 2.44. The summed E-state index contributed by atoms with van der Waals surface area (Å²) in [7, 11) is -3.65. The first kappa shape index (κ1) is 26.2. The van der Waals surface area contributed by atoms with Gasteiger partial charge in [-0.1, -0.05) is 60.7 Å². The van der Waals surface area contributed by atoms with E-state index in [2.05, 4.69) is 17.4 Å². The van der Waals surface area contributed by atoms with E-state index < -0.39 is 28.2 Å². The van der Waals surface area contributed by atoms with Crippen LogP contribution in [-0.2, 0) is 30.8 Å². The van der Waals surface area contributed by atoms with Crippen molar-refractivity contribution in [1.29, 1.82) is 0 Å². The van der Waals surface area contributed by atoms with Gasteiger partial charge in [-0.25, -0.2) is 9.59 Å². The highest BCUT2D eigenvalue weighted by molar-refractivity contribution is 7.86. The summed E-state index contributed by atoms with van der Waals surface area (Å²) in [5.41, 5.74) is 5.08. The molecule has 194 valence electrons. The summed E-state index contributed by atoms with van der Waals surface area (Å²) >= 11 is 0. The van der Waals surface area contributed by atoms with Crippen LogP contribution >= 0.6 is 0 Å². The number of alkyl carbamates (subject to hydrolysis) is 1. The lowest BCUT2D eigenvalue weighted by Crippen LogP contribution is -2.44. The van der Waals surface area contributed by atoms with Gasteiger partial charge in [-0.05, 0) is 53.8 Å². The van der Waals surface area contributed by atoms with Crippen LogP contribution in [0.2, 0.25) is 0 Å². The van der Waals surface area contributed by atoms with Gasteiger partial charge in [0, 0.05) is 12.3 Å². The van der Waals surface area contributed by atoms with Crippen LogP contribution in [0.25, 0.3) is 11.1 Å². The molecule has 1 aliphatic carbocycles. The molecule has 9 heteroatoms. The largest absolute Gasteiger partial charge is 0.461 e. The molecule has 0 heterocycles. The van der Waals surface area contributed by atoms with Crippen molar-refractivity contribution in [2.24, 2.45) is 0 Å². The Bertz CT molecular complexity index is 1340. The first-order chi connectivity index (χ1) is 17.6. The molecule has 0 aliphatic heterocycles. The molecule has 0 bridgehead atoms. The van der Waals surface area contributed by atoms with E-state index in [1.54, 1.807) is 26.0 Å². The van der Waals surface area contributed by atoms with Crippen LogP contribution in [-0.4, -0.2) is 45.5 Å². The van der Waals surface area contributed by atoms with E-state index in [-0.39, 0.29) is 30.8 Å². The molecule has 0 aromatic heterocycles. The Hall–Kier alpha value is -3.85. The average Bonchev–Trinajstić information content (AvgIpc) is 3.16. The van der Waals surface area contributed by atoms with E-state index in [4.69, 9.17) is 13.7 Å². The van der Waals surface area contributed by atoms with Crippen LogP contribution in [0, 0.1) is 0 Å². The van der Waals surface area contributed by atoms with Gasteiger partial charge in [0.05, 0.1) is 12.4 Å². The second-order valence-electron chi connectivity index (χ2n) is 9.14. The van der Waals surface area contributed by atoms with Crippen molar-refractivity contribution < 1.29 is 31.7 Å². The molecule has 8 nitrogen and oxygen atoms in total. The Kier molecular flexibility index (Phi) is 7.83. The predicted molar refractivity (Wildman–Crippen MR) is 139 cm³/mol. The Labute approximate surface area is 216 Å². The number of ether oxygens (including phenoxy) is 2. The summed E-state index contributed by atoms with van der Waals surface area (Å²) in [4.78, 5) is 25.5. The first-order valence-electron chi connectivity index (χ1n) is 11.9. The number of hydrogen-bond acceptors (Lipinski definition) is 7. The van der Waals surface area contributed by atoms with Crippen LogP contribution in [0.4, 0.5) is 4.79 Å². The monoisotopic (exact) mass is 523 g/mol. The first-order valence-corrected chi connectivity index (χ1v) is 13.7. The van der Waals surface area contributed by atoms with Gasteiger partial charge in [0.25, 0.3) is 0 Å². The zero-order chi connectivity index (χ0) is 26.6. The number of carbonyl (C=O) groups is 2. The van der Waals surface area contributed by atoms with Crippen molar-refractivity contribution in [3.8, 4) is 16.9 Å². The third-order valence-electron chi connectivity index (χ3n) is 5.88. The number of hydrogen-bond donors (Lipinski definition) is 1. The van der Waals surface area contributed by atoms with Crippen LogP contribution < -0.4 is 9.50 Å². The second kappa shape index (κ2) is 11.0. The third-order valence-corrected chi connectivity index (χ3v) is 6.38. The van der Waals surface area contributed by atoms with Crippen LogP contribution in [0.1, 0.15) is 36.5 Å². The standard InChI is InChI=1S/C28H29NO7S/c1-18(2)35-27(30)26(16-19-12-14-20(15-13-19)36-37(3,32)33)29-28(31)34-17-25-23-10-6-4-8-21(23)22-9-5-7-11-24(22)25/h4-15,18,25-26H,16-17H2,1-3H3,(H,29,31)/t26-/m0/s1. The molecule has 0 unspecified atom stereocenters. The maximum atomic E-state index is 12.8. The lowest BCUT2D eigenvalue weighted by molar-refractivity contribution is -0.149. The van der Waals surface area contributed by atoms with Gasteiger partial charge >= 0.3 is 22.2 Å². The van der Waals surface area contributed by atoms with Crippen molar-refractivity contribution in [1.82, 2.24) is 5.32 Å². The SMILES string of the molecule is CC(C)OC(=O)[C@H](Cc1ccc(OS(C)(=O)=O)cc1)NC(=O)OCC1c2ccccc2-c2ccccc21. The number of carbonyl (C=O) groups excluding carboxylic acids is 2. The van der Waals surface area contributed by atoms with Crippen molar-refractivity contribution in [2.75, 3.05) is 12.9 Å². The Morgan fingerprint density at radius 3 is 2.00 bits per heavy atom. The Morgan fingerprint density at radius 1 is 0.892 bits per heavy atom. The molecule has 3 aromatic carbocycles. The highest BCUT2D eigenvalue weighted by Gasteiger charge is 2.30. The van der Waals surface area contributed by atoms with E-state index >= 15 is 0 Å². The fourth-order valence-corrected chi connectivity index (χ4v) is 4.84. The van der Waals surface area contributed by atoms with Crippen LogP contribution in [0.15, 0.2) is 72.8 Å². The number of esters is 1. The van der Waals surface area contributed by atoms with Crippen molar-refractivity contribution in [3.63, 3.8) is 0 Å². The smallest absolute Gasteiger partial charge is 0.407 e. The number of fused-ring (bicyclic) bond motifs is 3. The summed E-state index contributed by atoms with van der Waals surface area (Å²) in [6, 6.07) is 21.3. The van der Waals surface area contributed by atoms with E-state index in [9.17, 15) is 18.0 Å². The zero-order valence-corrected chi connectivity index (χ0v) is 21.7. The molecule has 0 saturated carbocycles. The van der Waals surface area contributed by atoms with Gasteiger partial charge < -0.3 is 19.0 Å². The quantitative estimate of drug-likeness (QED) is 0.327. The van der Waals surface area contributed by atoms with Crippen molar-refractivity contribution in [3.05, 3.63) is 89.5 Å². The number of rotatable bonds is 9. The molecule has 0 saturated heterocycles. The van der Waals surface area contributed by atoms with E-state index in [1.165, 1.54) is 12.1 Å². The minimum absolute atomic E-state index is 0.110. The molecule has 37 heavy (non-hydrogen) atoms. The van der Waals surface area contributed by atoms with Gasteiger partial charge in [-0.3, -0.25) is 0 Å². The minimum atomic E-state index is -3.65. The molecule has 0 spiro atoms. The van der Waals surface area contributed by atoms with Crippen LogP contribution in [0.3, 0.4) is 0 Å². The molecule has 3 aromatic rings. The summed E-state index contributed by atoms with van der Waals surface area (Å²) < 4.78 is 38.4. The average molecular weight is 524 g/mol. The normalized spacial score (nSPS) is 13.4. The Balaban J connectivity index is 1.44. The molecule has 1 N–H and O–H groups in total. The highest BCUT2D eigenvalue weighted by atomic mass is 32.2. The summed E-state index contributed by atoms with van der Waals surface area (Å²) in [6.45, 7) is 3.56. The molecule has 1 atom stereocenters. The zero-order valence-electron chi connectivity index (χ0n) is 20.8. The van der Waals surface area contributed by atoms with Gasteiger partial charge in [0.15, 0.2) is 0 Å². The third kappa shape index (κ3) is 6.68. The van der Waals surface area contributed by atoms with Gasteiger partial charge in [-0.2, -0.15) is 8.42 Å². The predicted octanol–water partition coefficient (Wildman–Crippen LogP) is 4.43. The minimum Gasteiger partial charge on any atom is -0.461 e. The Morgan fingerprint density at radius 2 is 1.46 bits per heavy atom. The molecule has 1 amide bonds. The van der Waals surface area contributed by atoms with Gasteiger partial charge in [0.2, 0.25) is 0 Å². The maximum absolute atomic E-state index is 12.8. The topological polar surface area (TPSA) is 108 Å². The van der Waals surface area contributed by atoms with Gasteiger partial charge in [0.1, 0.15) is 18.4 Å². The summed E-state index contributed by atoms with van der Waals surface area (Å²) in [6.07, 6.45) is -0.0269. The maximum Gasteiger partial charge on any atom is 0.407 e. The lowest BCUT2D eigenvalue weighted by Gasteiger charge is -2.20. The molecule has 0 fully saturated rings.